The summed E-state index contributed by atoms with van der Waals surface area (Å²) < 4.78 is 0. The predicted molar refractivity (Wildman–Crippen MR) is 107 cm³/mol. The lowest BCUT2D eigenvalue weighted by atomic mass is 9.96. The van der Waals surface area contributed by atoms with Crippen LogP contribution in [0, 0.1) is 0 Å². The maximum Gasteiger partial charge on any atom is 0.264 e. The molecule has 0 radical (unpaired) electrons. The van der Waals surface area contributed by atoms with Crippen LogP contribution < -0.4 is 5.32 Å². The maximum atomic E-state index is 12.4. The van der Waals surface area contributed by atoms with Gasteiger partial charge in [0.15, 0.2) is 0 Å². The summed E-state index contributed by atoms with van der Waals surface area (Å²) in [6.45, 7) is 3.97. The highest BCUT2D eigenvalue weighted by molar-refractivity contribution is 7.12. The third-order valence-corrected chi connectivity index (χ3v) is 6.48. The van der Waals surface area contributed by atoms with Gasteiger partial charge in [-0.05, 0) is 29.9 Å². The van der Waals surface area contributed by atoms with Crippen molar-refractivity contribution in [2.45, 2.75) is 18.3 Å². The molecule has 1 aliphatic heterocycles. The van der Waals surface area contributed by atoms with Gasteiger partial charge in [-0.15, -0.1) is 11.3 Å². The van der Waals surface area contributed by atoms with Gasteiger partial charge in [-0.1, -0.05) is 36.4 Å². The van der Waals surface area contributed by atoms with E-state index in [2.05, 4.69) is 34.5 Å². The van der Waals surface area contributed by atoms with Gasteiger partial charge < -0.3 is 10.2 Å². The quantitative estimate of drug-likeness (QED) is 0.833. The van der Waals surface area contributed by atoms with E-state index < -0.39 is 0 Å². The van der Waals surface area contributed by atoms with Crippen molar-refractivity contribution >= 4 is 23.2 Å². The first-order valence-electron chi connectivity index (χ1n) is 9.54. The number of carbonyl (C=O) groups is 2. The first-order chi connectivity index (χ1) is 13.2. The molecule has 0 bridgehead atoms. The summed E-state index contributed by atoms with van der Waals surface area (Å²) in [6.07, 6.45) is 2.28. The van der Waals surface area contributed by atoms with E-state index in [4.69, 9.17) is 0 Å². The Labute approximate surface area is 164 Å². The van der Waals surface area contributed by atoms with Gasteiger partial charge in [-0.2, -0.15) is 0 Å². The van der Waals surface area contributed by atoms with Crippen LogP contribution in [-0.4, -0.2) is 60.9 Å². The number of hydrogen-bond acceptors (Lipinski definition) is 4. The summed E-state index contributed by atoms with van der Waals surface area (Å²) >= 11 is 1.48. The Morgan fingerprint density at radius 1 is 1.00 bits per heavy atom. The highest BCUT2D eigenvalue weighted by atomic mass is 32.1. The zero-order valence-corrected chi connectivity index (χ0v) is 16.2. The fourth-order valence-corrected chi connectivity index (χ4v) is 4.39. The van der Waals surface area contributed by atoms with Gasteiger partial charge in [0, 0.05) is 38.1 Å². The second-order valence-corrected chi connectivity index (χ2v) is 8.42. The Morgan fingerprint density at radius 2 is 1.74 bits per heavy atom. The SMILES string of the molecule is O=C(CN1CCN(C(=O)c2cccs2)CC1)NCC1(c2ccccc2)CC1. The van der Waals surface area contributed by atoms with E-state index in [9.17, 15) is 9.59 Å². The van der Waals surface area contributed by atoms with Crippen LogP contribution in [0.5, 0.6) is 0 Å². The van der Waals surface area contributed by atoms with Gasteiger partial charge in [0.25, 0.3) is 5.91 Å². The van der Waals surface area contributed by atoms with Crippen LogP contribution in [0.2, 0.25) is 0 Å². The molecule has 2 aliphatic rings. The first kappa shape index (κ1) is 18.2. The summed E-state index contributed by atoms with van der Waals surface area (Å²) in [5, 5.41) is 5.05. The van der Waals surface area contributed by atoms with Crippen LogP contribution in [0.3, 0.4) is 0 Å². The van der Waals surface area contributed by atoms with Crippen molar-refractivity contribution in [2.75, 3.05) is 39.3 Å². The number of nitrogens with one attached hydrogen (secondary N) is 1. The Hall–Kier alpha value is -2.18. The standard InChI is InChI=1S/C21H25N3O2S/c25-19(22-16-21(8-9-21)17-5-2-1-3-6-17)15-23-10-12-24(13-11-23)20(26)18-7-4-14-27-18/h1-7,14H,8-13,15-16H2,(H,22,25). The molecule has 2 aromatic rings. The van der Waals surface area contributed by atoms with Gasteiger partial charge in [0.1, 0.15) is 0 Å². The molecule has 2 fully saturated rings. The molecule has 1 aliphatic carbocycles. The monoisotopic (exact) mass is 383 g/mol. The fourth-order valence-electron chi connectivity index (χ4n) is 3.70. The molecule has 4 rings (SSSR count). The number of carbonyl (C=O) groups excluding carboxylic acids is 2. The average Bonchev–Trinajstić information content (AvgIpc) is 3.30. The largest absolute Gasteiger partial charge is 0.354 e. The molecule has 5 nitrogen and oxygen atoms in total. The lowest BCUT2D eigenvalue weighted by Crippen LogP contribution is -2.51. The van der Waals surface area contributed by atoms with E-state index in [1.807, 2.05) is 28.5 Å². The van der Waals surface area contributed by atoms with E-state index in [0.717, 1.165) is 30.8 Å². The number of amides is 2. The number of piperazine rings is 1. The molecule has 1 N–H and O–H groups in total. The topological polar surface area (TPSA) is 52.7 Å². The van der Waals surface area contributed by atoms with Gasteiger partial charge in [0.2, 0.25) is 5.91 Å². The van der Waals surface area contributed by atoms with Gasteiger partial charge in [-0.25, -0.2) is 0 Å². The van der Waals surface area contributed by atoms with Crippen LogP contribution in [-0.2, 0) is 10.2 Å². The normalized spacial score (nSPS) is 18.9. The molecule has 0 spiro atoms. The zero-order chi connectivity index (χ0) is 18.7. The number of thiophene rings is 1. The molecule has 0 unspecified atom stereocenters. The predicted octanol–water partition coefficient (Wildman–Crippen LogP) is 2.35. The summed E-state index contributed by atoms with van der Waals surface area (Å²) in [7, 11) is 0. The third kappa shape index (κ3) is 4.22. The Balaban J connectivity index is 1.22. The minimum Gasteiger partial charge on any atom is -0.354 e. The summed E-state index contributed by atoms with van der Waals surface area (Å²) in [5.41, 5.74) is 1.47. The molecule has 27 heavy (non-hydrogen) atoms. The van der Waals surface area contributed by atoms with Crippen LogP contribution in [0.4, 0.5) is 0 Å². The van der Waals surface area contributed by atoms with E-state index in [1.54, 1.807) is 0 Å². The molecule has 0 atom stereocenters. The zero-order valence-electron chi connectivity index (χ0n) is 15.4. The Bertz CT molecular complexity index is 779. The fraction of sp³-hybridized carbons (Fsp3) is 0.429. The smallest absolute Gasteiger partial charge is 0.264 e. The Morgan fingerprint density at radius 3 is 2.37 bits per heavy atom. The lowest BCUT2D eigenvalue weighted by molar-refractivity contribution is -0.122. The molecule has 1 saturated heterocycles. The molecule has 1 aromatic heterocycles. The van der Waals surface area contributed by atoms with E-state index in [1.165, 1.54) is 16.9 Å². The second-order valence-electron chi connectivity index (χ2n) is 7.47. The molecule has 6 heteroatoms. The highest BCUT2D eigenvalue weighted by Crippen LogP contribution is 2.47. The summed E-state index contributed by atoms with van der Waals surface area (Å²) in [4.78, 5) is 29.6. The number of rotatable bonds is 6. The summed E-state index contributed by atoms with van der Waals surface area (Å²) in [5.74, 6) is 0.183. The van der Waals surface area contributed by atoms with E-state index >= 15 is 0 Å². The van der Waals surface area contributed by atoms with Gasteiger partial charge >= 0.3 is 0 Å². The second kappa shape index (κ2) is 7.82. The minimum atomic E-state index is 0.0789. The molecule has 1 aromatic carbocycles. The number of hydrogen-bond donors (Lipinski definition) is 1. The minimum absolute atomic E-state index is 0.0789. The molecule has 142 valence electrons. The molecular weight excluding hydrogens is 358 g/mol. The van der Waals surface area contributed by atoms with Crippen molar-refractivity contribution in [1.82, 2.24) is 15.1 Å². The van der Waals surface area contributed by atoms with Crippen LogP contribution >= 0.6 is 11.3 Å². The molecule has 2 amide bonds. The third-order valence-electron chi connectivity index (χ3n) is 5.62. The van der Waals surface area contributed by atoms with Gasteiger partial charge in [0.05, 0.1) is 11.4 Å². The van der Waals surface area contributed by atoms with Crippen molar-refractivity contribution < 1.29 is 9.59 Å². The molecule has 2 heterocycles. The highest BCUT2D eigenvalue weighted by Gasteiger charge is 2.44. The van der Waals surface area contributed by atoms with Crippen molar-refractivity contribution in [3.63, 3.8) is 0 Å². The van der Waals surface area contributed by atoms with E-state index in [0.29, 0.717) is 26.2 Å². The van der Waals surface area contributed by atoms with Crippen LogP contribution in [0.25, 0.3) is 0 Å². The average molecular weight is 384 g/mol. The van der Waals surface area contributed by atoms with Crippen molar-refractivity contribution in [3.8, 4) is 0 Å². The molecule has 1 saturated carbocycles. The van der Waals surface area contributed by atoms with Crippen LogP contribution in [0.1, 0.15) is 28.1 Å². The first-order valence-corrected chi connectivity index (χ1v) is 10.4. The van der Waals surface area contributed by atoms with Gasteiger partial charge in [-0.3, -0.25) is 14.5 Å². The van der Waals surface area contributed by atoms with Crippen molar-refractivity contribution in [1.29, 1.82) is 0 Å². The lowest BCUT2D eigenvalue weighted by Gasteiger charge is -2.34. The van der Waals surface area contributed by atoms with Crippen molar-refractivity contribution in [3.05, 3.63) is 58.3 Å². The van der Waals surface area contributed by atoms with Crippen LogP contribution in [0.15, 0.2) is 47.8 Å². The number of nitrogens with zero attached hydrogens (tertiary/aromatic N) is 2. The van der Waals surface area contributed by atoms with Crippen molar-refractivity contribution in [2.24, 2.45) is 0 Å². The summed E-state index contributed by atoms with van der Waals surface area (Å²) in [6, 6.07) is 14.2. The Kier molecular flexibility index (Phi) is 5.27. The van der Waals surface area contributed by atoms with E-state index in [-0.39, 0.29) is 17.2 Å². The number of benzene rings is 1. The molecular formula is C21H25N3O2S. The maximum absolute atomic E-state index is 12.4.